The molecule has 0 saturated carbocycles. The van der Waals surface area contributed by atoms with Crippen LogP contribution in [0, 0.1) is 0 Å². The number of hydrogen-bond acceptors (Lipinski definition) is 4. The van der Waals surface area contributed by atoms with E-state index in [2.05, 4.69) is 25.4 Å². The lowest BCUT2D eigenvalue weighted by Gasteiger charge is -2.01. The minimum absolute atomic E-state index is 0.311. The van der Waals surface area contributed by atoms with Crippen LogP contribution in [-0.2, 0) is 6.54 Å². The van der Waals surface area contributed by atoms with Crippen LogP contribution in [0.3, 0.4) is 0 Å². The Labute approximate surface area is 137 Å². The number of fused-ring (bicyclic) bond motifs is 1. The summed E-state index contributed by atoms with van der Waals surface area (Å²) < 4.78 is 1.73. The SMILES string of the molecule is O=C(Nc1nc2ccncc2[nH]1)c1ccn(Cc2ccccc2)n1. The van der Waals surface area contributed by atoms with E-state index in [0.717, 1.165) is 16.6 Å². The summed E-state index contributed by atoms with van der Waals surface area (Å²) in [5, 5.41) is 7.02. The van der Waals surface area contributed by atoms with Crippen LogP contribution in [0.25, 0.3) is 11.0 Å². The Hall–Kier alpha value is -3.48. The van der Waals surface area contributed by atoms with Gasteiger partial charge in [-0.05, 0) is 17.7 Å². The van der Waals surface area contributed by atoms with E-state index in [9.17, 15) is 4.79 Å². The number of H-pyrrole nitrogens is 1. The molecule has 0 aliphatic carbocycles. The Morgan fingerprint density at radius 3 is 2.88 bits per heavy atom. The quantitative estimate of drug-likeness (QED) is 0.605. The highest BCUT2D eigenvalue weighted by Crippen LogP contribution is 2.13. The van der Waals surface area contributed by atoms with Crippen molar-refractivity contribution in [1.29, 1.82) is 0 Å². The summed E-state index contributed by atoms with van der Waals surface area (Å²) in [6.07, 6.45) is 5.09. The van der Waals surface area contributed by atoms with Crippen LogP contribution in [0.15, 0.2) is 61.1 Å². The summed E-state index contributed by atoms with van der Waals surface area (Å²) in [5.74, 6) is 0.0643. The third-order valence-electron chi connectivity index (χ3n) is 3.58. The molecular weight excluding hydrogens is 304 g/mol. The number of pyridine rings is 1. The molecule has 0 atom stereocenters. The zero-order chi connectivity index (χ0) is 16.4. The maximum absolute atomic E-state index is 12.3. The van der Waals surface area contributed by atoms with Crippen molar-refractivity contribution in [3.05, 3.63) is 72.3 Å². The van der Waals surface area contributed by atoms with Gasteiger partial charge in [0.15, 0.2) is 5.69 Å². The number of aromatic nitrogens is 5. The maximum Gasteiger partial charge on any atom is 0.278 e. The second-order valence-electron chi connectivity index (χ2n) is 5.32. The molecule has 118 valence electrons. The highest BCUT2D eigenvalue weighted by Gasteiger charge is 2.12. The number of hydrogen-bond donors (Lipinski definition) is 2. The number of aromatic amines is 1. The third-order valence-corrected chi connectivity index (χ3v) is 3.58. The topological polar surface area (TPSA) is 88.5 Å². The van der Waals surface area contributed by atoms with Gasteiger partial charge in [0.2, 0.25) is 5.95 Å². The van der Waals surface area contributed by atoms with E-state index in [4.69, 9.17) is 0 Å². The van der Waals surface area contributed by atoms with Crippen LogP contribution in [-0.4, -0.2) is 30.6 Å². The van der Waals surface area contributed by atoms with Crippen LogP contribution >= 0.6 is 0 Å². The van der Waals surface area contributed by atoms with Crippen molar-refractivity contribution in [2.75, 3.05) is 5.32 Å². The molecule has 0 spiro atoms. The van der Waals surface area contributed by atoms with E-state index in [-0.39, 0.29) is 5.91 Å². The first kappa shape index (κ1) is 14.1. The van der Waals surface area contributed by atoms with E-state index in [1.807, 2.05) is 30.3 Å². The Bertz CT molecular complexity index is 955. The highest BCUT2D eigenvalue weighted by molar-refractivity contribution is 6.02. The largest absolute Gasteiger partial charge is 0.323 e. The second-order valence-corrected chi connectivity index (χ2v) is 5.32. The van der Waals surface area contributed by atoms with E-state index in [1.54, 1.807) is 35.4 Å². The number of carbonyl (C=O) groups excluding carboxylic acids is 1. The standard InChI is InChI=1S/C17H14N6O/c24-16(21-17-19-13-6-8-18-10-15(13)20-17)14-7-9-23(22-14)11-12-4-2-1-3-5-12/h1-10H,11H2,(H2,19,20,21,24). The van der Waals surface area contributed by atoms with Gasteiger partial charge in [-0.2, -0.15) is 5.10 Å². The number of benzene rings is 1. The van der Waals surface area contributed by atoms with Crippen LogP contribution in [0.2, 0.25) is 0 Å². The molecule has 0 saturated heterocycles. The van der Waals surface area contributed by atoms with Crippen molar-refractivity contribution in [3.8, 4) is 0 Å². The smallest absolute Gasteiger partial charge is 0.278 e. The van der Waals surface area contributed by atoms with Crippen molar-refractivity contribution in [3.63, 3.8) is 0 Å². The molecule has 1 amide bonds. The lowest BCUT2D eigenvalue weighted by atomic mass is 10.2. The van der Waals surface area contributed by atoms with Gasteiger partial charge in [-0.3, -0.25) is 19.8 Å². The molecule has 4 rings (SSSR count). The Morgan fingerprint density at radius 2 is 2.04 bits per heavy atom. The minimum Gasteiger partial charge on any atom is -0.323 e. The van der Waals surface area contributed by atoms with Gasteiger partial charge in [-0.15, -0.1) is 0 Å². The zero-order valence-electron chi connectivity index (χ0n) is 12.7. The first-order valence-corrected chi connectivity index (χ1v) is 7.46. The van der Waals surface area contributed by atoms with E-state index in [1.165, 1.54) is 0 Å². The maximum atomic E-state index is 12.3. The predicted octanol–water partition coefficient (Wildman–Crippen LogP) is 2.46. The van der Waals surface area contributed by atoms with Gasteiger partial charge in [0.05, 0.1) is 23.8 Å². The van der Waals surface area contributed by atoms with E-state index in [0.29, 0.717) is 18.2 Å². The van der Waals surface area contributed by atoms with Crippen molar-refractivity contribution in [2.24, 2.45) is 0 Å². The summed E-state index contributed by atoms with van der Waals surface area (Å²) in [5.41, 5.74) is 2.97. The van der Waals surface area contributed by atoms with Gasteiger partial charge >= 0.3 is 0 Å². The lowest BCUT2D eigenvalue weighted by molar-refractivity contribution is 0.102. The van der Waals surface area contributed by atoms with Gasteiger partial charge in [-0.1, -0.05) is 30.3 Å². The normalized spacial score (nSPS) is 10.8. The first-order chi connectivity index (χ1) is 11.8. The summed E-state index contributed by atoms with van der Waals surface area (Å²) in [7, 11) is 0. The highest BCUT2D eigenvalue weighted by atomic mass is 16.2. The van der Waals surface area contributed by atoms with Gasteiger partial charge < -0.3 is 4.98 Å². The molecule has 7 heteroatoms. The van der Waals surface area contributed by atoms with Crippen LogP contribution in [0.4, 0.5) is 5.95 Å². The van der Waals surface area contributed by atoms with Crippen molar-refractivity contribution >= 4 is 22.9 Å². The molecule has 0 aliphatic heterocycles. The predicted molar refractivity (Wildman–Crippen MR) is 89.6 cm³/mol. The van der Waals surface area contributed by atoms with Crippen molar-refractivity contribution < 1.29 is 4.79 Å². The minimum atomic E-state index is -0.311. The number of carbonyl (C=O) groups is 1. The first-order valence-electron chi connectivity index (χ1n) is 7.46. The number of amides is 1. The average Bonchev–Trinajstić information content (AvgIpc) is 3.22. The Morgan fingerprint density at radius 1 is 1.17 bits per heavy atom. The van der Waals surface area contributed by atoms with Gasteiger partial charge in [0, 0.05) is 12.4 Å². The van der Waals surface area contributed by atoms with Crippen molar-refractivity contribution in [2.45, 2.75) is 6.54 Å². The molecule has 0 radical (unpaired) electrons. The fraction of sp³-hybridized carbons (Fsp3) is 0.0588. The van der Waals surface area contributed by atoms with E-state index < -0.39 is 0 Å². The zero-order valence-corrected chi connectivity index (χ0v) is 12.7. The monoisotopic (exact) mass is 318 g/mol. The molecule has 4 aromatic rings. The van der Waals surface area contributed by atoms with Crippen LogP contribution in [0.1, 0.15) is 16.1 Å². The molecule has 0 aliphatic rings. The number of imidazole rings is 1. The molecule has 7 nitrogen and oxygen atoms in total. The fourth-order valence-corrected chi connectivity index (χ4v) is 2.43. The molecule has 3 aromatic heterocycles. The summed E-state index contributed by atoms with van der Waals surface area (Å²) in [6, 6.07) is 13.4. The van der Waals surface area contributed by atoms with Crippen LogP contribution < -0.4 is 5.32 Å². The third kappa shape index (κ3) is 2.87. The fourth-order valence-electron chi connectivity index (χ4n) is 2.43. The van der Waals surface area contributed by atoms with Crippen molar-refractivity contribution in [1.82, 2.24) is 24.7 Å². The van der Waals surface area contributed by atoms with Gasteiger partial charge in [0.1, 0.15) is 0 Å². The van der Waals surface area contributed by atoms with Gasteiger partial charge in [-0.25, -0.2) is 4.98 Å². The molecular formula is C17H14N6O. The van der Waals surface area contributed by atoms with Crippen LogP contribution in [0.5, 0.6) is 0 Å². The second kappa shape index (κ2) is 5.96. The molecule has 0 bridgehead atoms. The number of nitrogens with zero attached hydrogens (tertiary/aromatic N) is 4. The van der Waals surface area contributed by atoms with E-state index >= 15 is 0 Å². The summed E-state index contributed by atoms with van der Waals surface area (Å²) in [4.78, 5) is 23.6. The molecule has 1 aromatic carbocycles. The van der Waals surface area contributed by atoms with Gasteiger partial charge in [0.25, 0.3) is 5.91 Å². The Kier molecular flexibility index (Phi) is 3.51. The molecule has 2 N–H and O–H groups in total. The summed E-state index contributed by atoms with van der Waals surface area (Å²) >= 11 is 0. The summed E-state index contributed by atoms with van der Waals surface area (Å²) in [6.45, 7) is 0.616. The molecule has 3 heterocycles. The lowest BCUT2D eigenvalue weighted by Crippen LogP contribution is -2.14. The molecule has 0 fully saturated rings. The Balaban J connectivity index is 1.48. The molecule has 24 heavy (non-hydrogen) atoms. The molecule has 0 unspecified atom stereocenters. The number of anilines is 1. The number of nitrogens with one attached hydrogen (secondary N) is 2. The number of rotatable bonds is 4. The average molecular weight is 318 g/mol.